The zero-order valence-electron chi connectivity index (χ0n) is 13.0. The van der Waals surface area contributed by atoms with Gasteiger partial charge >= 0.3 is 0 Å². The van der Waals surface area contributed by atoms with Crippen LogP contribution in [0.5, 0.6) is 0 Å². The third-order valence-electron chi connectivity index (χ3n) is 2.51. The molecule has 0 saturated heterocycles. The Hall–Kier alpha value is -2.57. The fourth-order valence-corrected chi connectivity index (χ4v) is 1.37. The van der Waals surface area contributed by atoms with E-state index in [1.54, 1.807) is 0 Å². The van der Waals surface area contributed by atoms with Crippen molar-refractivity contribution in [2.24, 2.45) is 0 Å². The number of rotatable bonds is 10. The Kier molecular flexibility index (Phi) is 12.9. The van der Waals surface area contributed by atoms with Crippen molar-refractivity contribution in [3.8, 4) is 0 Å². The van der Waals surface area contributed by atoms with Crippen molar-refractivity contribution in [3.05, 3.63) is 0 Å². The summed E-state index contributed by atoms with van der Waals surface area (Å²) < 4.78 is 0. The summed E-state index contributed by atoms with van der Waals surface area (Å²) in [5, 5.41) is 77.9. The van der Waals surface area contributed by atoms with Crippen LogP contribution in [0.2, 0.25) is 0 Å². The first-order chi connectivity index (χ1) is 11.6. The third kappa shape index (κ3) is 12.4. The van der Waals surface area contributed by atoms with Crippen molar-refractivity contribution < 1.29 is 90.7 Å². The van der Waals surface area contributed by atoms with E-state index in [0.29, 0.717) is 0 Å². The minimum atomic E-state index is -2.97. The van der Waals surface area contributed by atoms with Gasteiger partial charge in [0.15, 0.2) is 0 Å². The maximum Gasteiger partial charge on any atom is 0.114 e. The van der Waals surface area contributed by atoms with Crippen LogP contribution in [0.4, 0.5) is 0 Å². The Morgan fingerprint density at radius 1 is 0.519 bits per heavy atom. The van der Waals surface area contributed by atoms with Crippen LogP contribution in [0, 0.1) is 0 Å². The minimum Gasteiger partial charge on any atom is -0.550 e. The Balaban J connectivity index is -0.000000411. The van der Waals surface area contributed by atoms with Crippen LogP contribution < -0.4 is 30.6 Å². The SMILES string of the molecule is O=C([O-])CC(O)(CC(=O)[O-])C(=O)[O-].O=C([O-])CC(O)(CC(=O)[O-])C(=O)[O-].[W]. The Labute approximate surface area is 163 Å². The number of carboxylic acid groups (broad SMARTS) is 6. The van der Waals surface area contributed by atoms with Gasteiger partial charge in [0.05, 0.1) is 11.9 Å². The van der Waals surface area contributed by atoms with E-state index in [4.69, 9.17) is 10.2 Å². The van der Waals surface area contributed by atoms with E-state index >= 15 is 0 Å². The molecule has 0 saturated carbocycles. The molecule has 0 bridgehead atoms. The molecule has 0 radical (unpaired) electrons. The summed E-state index contributed by atoms with van der Waals surface area (Å²) in [4.78, 5) is 60.0. The second-order valence-corrected chi connectivity index (χ2v) is 4.83. The quantitative estimate of drug-likeness (QED) is 0.250. The van der Waals surface area contributed by atoms with E-state index in [0.717, 1.165) is 0 Å². The standard InChI is InChI=1S/2C6H8O7.W/c2*7-3(8)1-6(13,5(11)12)2-4(9)10;/h2*13H,1-2H2,(H,7,8)(H,9,10)(H,11,12);/p-6. The second-order valence-electron chi connectivity index (χ2n) is 4.83. The van der Waals surface area contributed by atoms with Crippen molar-refractivity contribution in [1.82, 2.24) is 0 Å². The molecule has 0 rings (SSSR count). The molecule has 0 aromatic heterocycles. The first-order valence-electron chi connectivity index (χ1n) is 6.23. The number of carboxylic acids is 6. The molecule has 0 aliphatic heterocycles. The van der Waals surface area contributed by atoms with Crippen LogP contribution in [-0.2, 0) is 49.8 Å². The number of carbonyl (C=O) groups excluding carboxylic acids is 6. The fraction of sp³-hybridized carbons (Fsp3) is 0.500. The van der Waals surface area contributed by atoms with E-state index in [1.807, 2.05) is 0 Å². The number of hydrogen-bond donors (Lipinski definition) is 2. The molecular formula is C12H10O14W-6. The first-order valence-corrected chi connectivity index (χ1v) is 6.23. The van der Waals surface area contributed by atoms with Crippen molar-refractivity contribution >= 4 is 35.8 Å². The van der Waals surface area contributed by atoms with Gasteiger partial charge in [-0.25, -0.2) is 0 Å². The summed E-state index contributed by atoms with van der Waals surface area (Å²) in [7, 11) is 0. The van der Waals surface area contributed by atoms with Crippen molar-refractivity contribution in [1.29, 1.82) is 0 Å². The first kappa shape index (κ1) is 29.2. The molecule has 0 aromatic carbocycles. The van der Waals surface area contributed by atoms with Gasteiger partial charge in [-0.05, 0) is 0 Å². The smallest absolute Gasteiger partial charge is 0.114 e. The summed E-state index contributed by atoms with van der Waals surface area (Å²) in [6.07, 6.45) is -5.43. The van der Waals surface area contributed by atoms with Gasteiger partial charge in [-0.15, -0.1) is 0 Å². The van der Waals surface area contributed by atoms with Crippen molar-refractivity contribution in [2.45, 2.75) is 36.9 Å². The molecule has 0 amide bonds. The van der Waals surface area contributed by atoms with Gasteiger partial charge in [0.1, 0.15) is 11.2 Å². The molecule has 0 unspecified atom stereocenters. The molecule has 0 spiro atoms. The van der Waals surface area contributed by atoms with E-state index in [1.165, 1.54) is 0 Å². The van der Waals surface area contributed by atoms with E-state index in [-0.39, 0.29) is 21.1 Å². The van der Waals surface area contributed by atoms with Gasteiger partial charge in [-0.1, -0.05) is 0 Å². The number of aliphatic carboxylic acids is 6. The predicted molar refractivity (Wildman–Crippen MR) is 58.4 cm³/mol. The molecule has 0 aliphatic rings. The summed E-state index contributed by atoms with van der Waals surface area (Å²) in [6.45, 7) is 0. The monoisotopic (exact) mass is 562 g/mol. The Morgan fingerprint density at radius 3 is 0.741 bits per heavy atom. The maximum absolute atomic E-state index is 10.1. The van der Waals surface area contributed by atoms with Crippen LogP contribution >= 0.6 is 0 Å². The van der Waals surface area contributed by atoms with Crippen LogP contribution in [0.15, 0.2) is 0 Å². The molecule has 0 heterocycles. The molecule has 27 heavy (non-hydrogen) atoms. The van der Waals surface area contributed by atoms with Gasteiger partial charge in [0.25, 0.3) is 0 Å². The Bertz CT molecular complexity index is 513. The molecule has 2 N–H and O–H groups in total. The third-order valence-corrected chi connectivity index (χ3v) is 2.51. The predicted octanol–water partition coefficient (Wildman–Crippen LogP) is -10.5. The molecule has 154 valence electrons. The molecular weight excluding hydrogens is 552 g/mol. The summed E-state index contributed by atoms with van der Waals surface area (Å²) in [6, 6.07) is 0. The molecule has 0 fully saturated rings. The topological polar surface area (TPSA) is 281 Å². The van der Waals surface area contributed by atoms with Gasteiger partial charge in [-0.3, -0.25) is 0 Å². The molecule has 15 heteroatoms. The van der Waals surface area contributed by atoms with Gasteiger partial charge in [0, 0.05) is 70.6 Å². The maximum atomic E-state index is 10.1. The number of aliphatic hydroxyl groups is 2. The molecule has 0 aromatic rings. The zero-order chi connectivity index (χ0) is 21.3. The Morgan fingerprint density at radius 2 is 0.667 bits per heavy atom. The average molecular weight is 562 g/mol. The van der Waals surface area contributed by atoms with Gasteiger partial charge in [-0.2, -0.15) is 0 Å². The summed E-state index contributed by atoms with van der Waals surface area (Å²) >= 11 is 0. The van der Waals surface area contributed by atoms with Crippen LogP contribution in [0.25, 0.3) is 0 Å². The van der Waals surface area contributed by atoms with Crippen LogP contribution in [0.1, 0.15) is 25.7 Å². The average Bonchev–Trinajstić information content (AvgIpc) is 2.34. The number of hydrogen-bond acceptors (Lipinski definition) is 14. The summed E-state index contributed by atoms with van der Waals surface area (Å²) in [5.41, 5.74) is -5.95. The fourth-order valence-electron chi connectivity index (χ4n) is 1.37. The molecule has 0 aliphatic carbocycles. The minimum absolute atomic E-state index is 0. The molecule has 14 nitrogen and oxygen atoms in total. The van der Waals surface area contributed by atoms with E-state index in [9.17, 15) is 59.4 Å². The largest absolute Gasteiger partial charge is 0.550 e. The number of carbonyl (C=O) groups is 6. The second kappa shape index (κ2) is 11.9. The van der Waals surface area contributed by atoms with Gasteiger partial charge in [0.2, 0.25) is 0 Å². The van der Waals surface area contributed by atoms with E-state index in [2.05, 4.69) is 0 Å². The normalized spacial score (nSPS) is 10.4. The van der Waals surface area contributed by atoms with Gasteiger partial charge < -0.3 is 69.6 Å². The molecule has 0 atom stereocenters. The van der Waals surface area contributed by atoms with Crippen molar-refractivity contribution in [3.63, 3.8) is 0 Å². The van der Waals surface area contributed by atoms with Crippen LogP contribution in [0.3, 0.4) is 0 Å². The van der Waals surface area contributed by atoms with Crippen LogP contribution in [-0.4, -0.2) is 57.2 Å². The van der Waals surface area contributed by atoms with E-state index < -0.39 is 72.7 Å². The zero-order valence-corrected chi connectivity index (χ0v) is 16.0. The summed E-state index contributed by atoms with van der Waals surface area (Å²) in [5.74, 6) is -12.0. The van der Waals surface area contributed by atoms with Crippen molar-refractivity contribution in [2.75, 3.05) is 0 Å².